The molecule has 0 spiro atoms. The molecular formula is C41H66O12. The number of carbonyl (C=O) groups is 1. The second-order valence-electron chi connectivity index (χ2n) is 20.0. The summed E-state index contributed by atoms with van der Waals surface area (Å²) in [6.45, 7) is 15.2. The van der Waals surface area contributed by atoms with Gasteiger partial charge >= 0.3 is 5.97 Å². The molecule has 2 aliphatic heterocycles. The molecule has 12 heteroatoms. The normalized spacial score (nSPS) is 55.1. The topological polar surface area (TPSA) is 196 Å². The van der Waals surface area contributed by atoms with Gasteiger partial charge in [-0.25, -0.2) is 0 Å². The summed E-state index contributed by atoms with van der Waals surface area (Å²) in [4.78, 5) is 13.0. The number of aliphatic hydroxyl groups excluding tert-OH is 6. The Morgan fingerprint density at radius 1 is 0.830 bits per heavy atom. The van der Waals surface area contributed by atoms with E-state index in [4.69, 9.17) is 18.9 Å². The van der Waals surface area contributed by atoms with E-state index in [0.717, 1.165) is 51.4 Å². The molecule has 0 aromatic rings. The number of ether oxygens (including phenoxy) is 4. The molecule has 2 saturated heterocycles. The van der Waals surface area contributed by atoms with Gasteiger partial charge in [-0.3, -0.25) is 4.79 Å². The zero-order valence-corrected chi connectivity index (χ0v) is 32.7. The summed E-state index contributed by atoms with van der Waals surface area (Å²) in [5.41, 5.74) is -0.251. The van der Waals surface area contributed by atoms with Gasteiger partial charge < -0.3 is 54.7 Å². The Morgan fingerprint density at radius 2 is 1.53 bits per heavy atom. The number of carboxylic acid groups (broad SMARTS) is 1. The molecule has 302 valence electrons. The second-order valence-corrected chi connectivity index (χ2v) is 20.0. The minimum atomic E-state index is -1.61. The Balaban J connectivity index is 1.16. The molecule has 6 fully saturated rings. The van der Waals surface area contributed by atoms with Crippen LogP contribution in [-0.2, 0) is 23.7 Å². The predicted octanol–water partition coefficient (Wildman–Crippen LogP) is 3.52. The first-order valence-corrected chi connectivity index (χ1v) is 20.2. The lowest BCUT2D eigenvalue weighted by Crippen LogP contribution is -2.67. The monoisotopic (exact) mass is 750 g/mol. The maximum atomic E-state index is 13.0. The molecule has 0 amide bonds. The Bertz CT molecular complexity index is 1440. The van der Waals surface area contributed by atoms with Crippen LogP contribution in [0.25, 0.3) is 0 Å². The third-order valence-electron chi connectivity index (χ3n) is 17.0. The van der Waals surface area contributed by atoms with Gasteiger partial charge in [0.1, 0.15) is 36.6 Å². The van der Waals surface area contributed by atoms with Crippen LogP contribution in [-0.4, -0.2) is 116 Å². The largest absolute Gasteiger partial charge is 0.481 e. The smallest absolute Gasteiger partial charge is 0.310 e. The highest BCUT2D eigenvalue weighted by molar-refractivity contribution is 5.76. The van der Waals surface area contributed by atoms with Crippen molar-refractivity contribution in [1.82, 2.24) is 0 Å². The van der Waals surface area contributed by atoms with Gasteiger partial charge in [0.15, 0.2) is 12.6 Å². The van der Waals surface area contributed by atoms with Crippen LogP contribution >= 0.6 is 0 Å². The highest BCUT2D eigenvalue weighted by Crippen LogP contribution is 2.76. The number of aliphatic hydroxyl groups is 6. The third kappa shape index (κ3) is 5.85. The lowest BCUT2D eigenvalue weighted by molar-refractivity contribution is -0.368. The van der Waals surface area contributed by atoms with Crippen LogP contribution < -0.4 is 0 Å². The van der Waals surface area contributed by atoms with E-state index in [2.05, 4.69) is 47.6 Å². The number of hydrogen-bond donors (Lipinski definition) is 7. The van der Waals surface area contributed by atoms with Crippen molar-refractivity contribution in [2.45, 2.75) is 174 Å². The van der Waals surface area contributed by atoms with Gasteiger partial charge in [0.25, 0.3) is 0 Å². The van der Waals surface area contributed by atoms with Crippen LogP contribution in [0.1, 0.15) is 113 Å². The van der Waals surface area contributed by atoms with Crippen molar-refractivity contribution in [3.8, 4) is 0 Å². The molecule has 0 aromatic heterocycles. The van der Waals surface area contributed by atoms with Crippen molar-refractivity contribution < 1.29 is 59.5 Å². The predicted molar refractivity (Wildman–Crippen MR) is 192 cm³/mol. The molecule has 0 aromatic carbocycles. The maximum Gasteiger partial charge on any atom is 0.310 e. The molecule has 5 aliphatic carbocycles. The molecule has 7 N–H and O–H groups in total. The van der Waals surface area contributed by atoms with Gasteiger partial charge in [-0.1, -0.05) is 53.2 Å². The fourth-order valence-corrected chi connectivity index (χ4v) is 13.3. The fraction of sp³-hybridized carbons (Fsp3) is 0.927. The standard InChI is InChI=1S/C41H66O12/c1-21-28(44)30(46)32(53-33-31(47)29(45)24(43)19-50-33)34(51-21)52-27-11-12-37(4)25(38(27,5)20-42)10-13-40(7)26(37)9-8-22-23-18-36(2,3)14-16-41(23,35(48)49)17-15-39(22,40)6/h8,21,23-34,42-47H,9-20H2,1-7H3,(H,48,49)/t21-,23+,24-,25+,26+,27-,28-,29-,30+,31+,32+,33-,34-,37-,38-,39+,40+,41-/m0/s1. The molecule has 12 nitrogen and oxygen atoms in total. The van der Waals surface area contributed by atoms with Crippen molar-refractivity contribution in [1.29, 1.82) is 0 Å². The maximum absolute atomic E-state index is 13.0. The van der Waals surface area contributed by atoms with Gasteiger partial charge in [0.2, 0.25) is 0 Å². The molecule has 7 aliphatic rings. The van der Waals surface area contributed by atoms with E-state index in [1.54, 1.807) is 6.92 Å². The van der Waals surface area contributed by atoms with Crippen LogP contribution in [0.15, 0.2) is 11.6 Å². The van der Waals surface area contributed by atoms with E-state index in [1.807, 2.05) is 0 Å². The molecular weight excluding hydrogens is 684 g/mol. The van der Waals surface area contributed by atoms with Crippen LogP contribution in [0.3, 0.4) is 0 Å². The van der Waals surface area contributed by atoms with Gasteiger partial charge in [0, 0.05) is 5.41 Å². The third-order valence-corrected chi connectivity index (χ3v) is 17.0. The van der Waals surface area contributed by atoms with E-state index in [0.29, 0.717) is 18.8 Å². The van der Waals surface area contributed by atoms with Crippen molar-refractivity contribution in [3.63, 3.8) is 0 Å². The highest BCUT2D eigenvalue weighted by Gasteiger charge is 2.70. The quantitative estimate of drug-likeness (QED) is 0.155. The van der Waals surface area contributed by atoms with Crippen molar-refractivity contribution in [2.75, 3.05) is 13.2 Å². The number of hydrogen-bond acceptors (Lipinski definition) is 11. The van der Waals surface area contributed by atoms with Crippen molar-refractivity contribution in [3.05, 3.63) is 11.6 Å². The van der Waals surface area contributed by atoms with Crippen LogP contribution in [0.5, 0.6) is 0 Å². The first kappa shape index (κ1) is 40.0. The summed E-state index contributed by atoms with van der Waals surface area (Å²) in [5, 5.41) is 74.8. The van der Waals surface area contributed by atoms with Gasteiger partial charge in [-0.05, 0) is 111 Å². The number of fused-ring (bicyclic) bond motifs is 7. The van der Waals surface area contributed by atoms with Gasteiger partial charge in [0.05, 0.1) is 30.8 Å². The lowest BCUT2D eigenvalue weighted by atomic mass is 9.33. The summed E-state index contributed by atoms with van der Waals surface area (Å²) in [6, 6.07) is 0. The van der Waals surface area contributed by atoms with E-state index < -0.39 is 78.2 Å². The number of allylic oxidation sites excluding steroid dienone is 2. The summed E-state index contributed by atoms with van der Waals surface area (Å²) in [5.74, 6) is -0.200. The Hall–Kier alpha value is -1.19. The Labute approximate surface area is 314 Å². The van der Waals surface area contributed by atoms with Crippen molar-refractivity contribution >= 4 is 5.97 Å². The summed E-state index contributed by atoms with van der Waals surface area (Å²) in [6.07, 6.45) is -1.73. The van der Waals surface area contributed by atoms with Crippen LogP contribution in [0, 0.1) is 50.2 Å². The molecule has 7 rings (SSSR count). The van der Waals surface area contributed by atoms with Crippen LogP contribution in [0.4, 0.5) is 0 Å². The average molecular weight is 751 g/mol. The zero-order chi connectivity index (χ0) is 38.7. The first-order chi connectivity index (χ1) is 24.7. The van der Waals surface area contributed by atoms with E-state index in [9.17, 15) is 40.5 Å². The molecule has 18 atom stereocenters. The molecule has 0 bridgehead atoms. The van der Waals surface area contributed by atoms with Crippen LogP contribution in [0.2, 0.25) is 0 Å². The van der Waals surface area contributed by atoms with E-state index in [1.165, 1.54) is 5.57 Å². The first-order valence-electron chi connectivity index (χ1n) is 20.2. The number of carboxylic acids is 1. The number of rotatable bonds is 6. The van der Waals surface area contributed by atoms with Crippen molar-refractivity contribution in [2.24, 2.45) is 50.2 Å². The lowest BCUT2D eigenvalue weighted by Gasteiger charge is -2.71. The molecule has 0 radical (unpaired) electrons. The SMILES string of the molecule is C[C@@H]1O[C@@H](O[C@H]2CC[C@@]3(C)[C@@H](CC[C@]4(C)[C@@H]3CC=C3[C@H]5CC(C)(C)CC[C@]5(C(=O)O)CC[C@]34C)[C@]2(C)CO)[C@H](O[C@@H]2OC[C@H](O)[C@H](O)[C@H]2O)[C@H](O)[C@H]1O. The van der Waals surface area contributed by atoms with E-state index in [-0.39, 0.29) is 46.7 Å². The minimum absolute atomic E-state index is 0.0352. The van der Waals surface area contributed by atoms with Gasteiger partial charge in [-0.2, -0.15) is 0 Å². The molecule has 53 heavy (non-hydrogen) atoms. The Kier molecular flexibility index (Phi) is 10.2. The summed E-state index contributed by atoms with van der Waals surface area (Å²) in [7, 11) is 0. The summed E-state index contributed by atoms with van der Waals surface area (Å²) >= 11 is 0. The summed E-state index contributed by atoms with van der Waals surface area (Å²) < 4.78 is 24.3. The minimum Gasteiger partial charge on any atom is -0.481 e. The molecule has 0 unspecified atom stereocenters. The Morgan fingerprint density at radius 3 is 2.21 bits per heavy atom. The van der Waals surface area contributed by atoms with E-state index >= 15 is 0 Å². The highest BCUT2D eigenvalue weighted by atomic mass is 16.8. The van der Waals surface area contributed by atoms with Gasteiger partial charge in [-0.15, -0.1) is 0 Å². The second kappa shape index (κ2) is 13.5. The molecule has 2 heterocycles. The number of aliphatic carboxylic acids is 1. The fourth-order valence-electron chi connectivity index (χ4n) is 13.3. The molecule has 4 saturated carbocycles. The average Bonchev–Trinajstić information content (AvgIpc) is 3.10. The zero-order valence-electron chi connectivity index (χ0n) is 32.7.